The van der Waals surface area contributed by atoms with Crippen LogP contribution in [-0.2, 0) is 9.59 Å². The molecule has 2 heterocycles. The lowest BCUT2D eigenvalue weighted by atomic mass is 10.1. The summed E-state index contributed by atoms with van der Waals surface area (Å²) in [6, 6.07) is -0.441. The Hall–Kier alpha value is -1.43. The van der Waals surface area contributed by atoms with Gasteiger partial charge in [0.05, 0.1) is 6.42 Å². The van der Waals surface area contributed by atoms with E-state index in [1.165, 1.54) is 16.2 Å². The van der Waals surface area contributed by atoms with E-state index in [1.54, 1.807) is 6.20 Å². The first-order valence-electron chi connectivity index (χ1n) is 6.61. The van der Waals surface area contributed by atoms with Crippen LogP contribution in [-0.4, -0.2) is 33.8 Å². The van der Waals surface area contributed by atoms with E-state index in [1.807, 2.05) is 20.8 Å². The standard InChI is InChI=1S/C13H19N3O2S/c1-4-9(5-2)16-11(17)6-10(12(16)18)15-13-14-7-8(3)19-13/h7,9-10H,4-6H2,1-3H3,(H,14,15). The molecule has 1 aliphatic heterocycles. The second kappa shape index (κ2) is 5.69. The number of likely N-dealkylation sites (tertiary alicyclic amines) is 1. The van der Waals surface area contributed by atoms with Crippen LogP contribution in [0.4, 0.5) is 5.13 Å². The third-order valence-electron chi connectivity index (χ3n) is 3.41. The maximum Gasteiger partial charge on any atom is 0.252 e. The van der Waals surface area contributed by atoms with Crippen molar-refractivity contribution in [3.63, 3.8) is 0 Å². The summed E-state index contributed by atoms with van der Waals surface area (Å²) in [6.07, 6.45) is 3.59. The van der Waals surface area contributed by atoms with E-state index in [2.05, 4.69) is 10.3 Å². The summed E-state index contributed by atoms with van der Waals surface area (Å²) in [6.45, 7) is 5.96. The first-order valence-corrected chi connectivity index (χ1v) is 7.43. The molecule has 19 heavy (non-hydrogen) atoms. The molecule has 2 amide bonds. The monoisotopic (exact) mass is 281 g/mol. The fraction of sp³-hybridized carbons (Fsp3) is 0.615. The second-order valence-corrected chi connectivity index (χ2v) is 5.98. The zero-order valence-electron chi connectivity index (χ0n) is 11.5. The molecule has 1 saturated heterocycles. The summed E-state index contributed by atoms with van der Waals surface area (Å²) in [5.41, 5.74) is 0. The predicted octanol–water partition coefficient (Wildman–Crippen LogP) is 2.18. The van der Waals surface area contributed by atoms with Gasteiger partial charge in [0.1, 0.15) is 6.04 Å². The van der Waals surface area contributed by atoms with Gasteiger partial charge in [0.25, 0.3) is 5.91 Å². The highest BCUT2D eigenvalue weighted by Gasteiger charge is 2.41. The number of carbonyl (C=O) groups is 2. The number of imide groups is 1. The van der Waals surface area contributed by atoms with E-state index in [9.17, 15) is 9.59 Å². The Kier molecular flexibility index (Phi) is 4.19. The molecule has 1 fully saturated rings. The highest BCUT2D eigenvalue weighted by molar-refractivity contribution is 7.15. The molecule has 6 heteroatoms. The number of aromatic nitrogens is 1. The van der Waals surface area contributed by atoms with Crippen LogP contribution in [0.25, 0.3) is 0 Å². The van der Waals surface area contributed by atoms with Crippen LogP contribution in [0.1, 0.15) is 38.0 Å². The lowest BCUT2D eigenvalue weighted by Gasteiger charge is -2.24. The van der Waals surface area contributed by atoms with Gasteiger partial charge in [-0.15, -0.1) is 11.3 Å². The Labute approximate surface area is 117 Å². The number of nitrogens with zero attached hydrogens (tertiary/aromatic N) is 2. The van der Waals surface area contributed by atoms with E-state index in [0.717, 1.165) is 17.7 Å². The number of hydrogen-bond acceptors (Lipinski definition) is 5. The van der Waals surface area contributed by atoms with Crippen LogP contribution < -0.4 is 5.32 Å². The molecule has 1 unspecified atom stereocenters. The molecule has 0 aromatic carbocycles. The number of rotatable bonds is 5. The number of thiazole rings is 1. The van der Waals surface area contributed by atoms with E-state index in [4.69, 9.17) is 0 Å². The van der Waals surface area contributed by atoms with E-state index < -0.39 is 6.04 Å². The average molecular weight is 281 g/mol. The molecule has 0 aliphatic carbocycles. The highest BCUT2D eigenvalue weighted by Crippen LogP contribution is 2.24. The van der Waals surface area contributed by atoms with Gasteiger partial charge in [0, 0.05) is 17.1 Å². The molecule has 1 aromatic rings. The minimum atomic E-state index is -0.460. The van der Waals surface area contributed by atoms with Crippen molar-refractivity contribution < 1.29 is 9.59 Å². The normalized spacial score (nSPS) is 19.6. The molecule has 104 valence electrons. The van der Waals surface area contributed by atoms with Crippen molar-refractivity contribution >= 4 is 28.3 Å². The molecule has 0 bridgehead atoms. The number of hydrogen-bond donors (Lipinski definition) is 1. The van der Waals surface area contributed by atoms with Crippen molar-refractivity contribution in [2.75, 3.05) is 5.32 Å². The predicted molar refractivity (Wildman–Crippen MR) is 75.1 cm³/mol. The van der Waals surface area contributed by atoms with Gasteiger partial charge >= 0.3 is 0 Å². The Morgan fingerprint density at radius 3 is 2.68 bits per heavy atom. The third-order valence-corrected chi connectivity index (χ3v) is 4.25. The SMILES string of the molecule is CCC(CC)N1C(=O)CC(Nc2ncc(C)s2)C1=O. The topological polar surface area (TPSA) is 62.3 Å². The maximum atomic E-state index is 12.3. The molecular weight excluding hydrogens is 262 g/mol. The Morgan fingerprint density at radius 1 is 1.47 bits per heavy atom. The second-order valence-electron chi connectivity index (χ2n) is 4.75. The van der Waals surface area contributed by atoms with Crippen molar-refractivity contribution in [1.82, 2.24) is 9.88 Å². The van der Waals surface area contributed by atoms with Crippen LogP contribution in [0.3, 0.4) is 0 Å². The summed E-state index contributed by atoms with van der Waals surface area (Å²) >= 11 is 1.49. The number of anilines is 1. The molecule has 1 N–H and O–H groups in total. The van der Waals surface area contributed by atoms with Crippen molar-refractivity contribution in [2.45, 2.75) is 52.1 Å². The fourth-order valence-corrected chi connectivity index (χ4v) is 3.09. The molecule has 5 nitrogen and oxygen atoms in total. The molecule has 0 spiro atoms. The molecule has 0 saturated carbocycles. The Balaban J connectivity index is 2.09. The van der Waals surface area contributed by atoms with E-state index >= 15 is 0 Å². The van der Waals surface area contributed by atoms with Crippen LogP contribution in [0, 0.1) is 6.92 Å². The van der Waals surface area contributed by atoms with Gasteiger partial charge in [0.15, 0.2) is 5.13 Å². The van der Waals surface area contributed by atoms with Crippen molar-refractivity contribution in [3.8, 4) is 0 Å². The summed E-state index contributed by atoms with van der Waals surface area (Å²) in [5, 5.41) is 3.77. The van der Waals surface area contributed by atoms with Gasteiger partial charge in [-0.3, -0.25) is 14.5 Å². The van der Waals surface area contributed by atoms with Crippen molar-refractivity contribution in [3.05, 3.63) is 11.1 Å². The highest BCUT2D eigenvalue weighted by atomic mass is 32.1. The van der Waals surface area contributed by atoms with Gasteiger partial charge in [-0.05, 0) is 19.8 Å². The van der Waals surface area contributed by atoms with Gasteiger partial charge < -0.3 is 5.32 Å². The van der Waals surface area contributed by atoms with Crippen LogP contribution in [0.15, 0.2) is 6.20 Å². The van der Waals surface area contributed by atoms with Crippen molar-refractivity contribution in [2.24, 2.45) is 0 Å². The summed E-state index contributed by atoms with van der Waals surface area (Å²) in [5.74, 6) is -0.198. The van der Waals surface area contributed by atoms with Crippen LogP contribution in [0.2, 0.25) is 0 Å². The average Bonchev–Trinajstić information content (AvgIpc) is 2.89. The van der Waals surface area contributed by atoms with Gasteiger partial charge in [-0.2, -0.15) is 0 Å². The smallest absolute Gasteiger partial charge is 0.252 e. The lowest BCUT2D eigenvalue weighted by molar-refractivity contribution is -0.141. The van der Waals surface area contributed by atoms with Gasteiger partial charge in [-0.25, -0.2) is 4.98 Å². The van der Waals surface area contributed by atoms with Gasteiger partial charge in [-0.1, -0.05) is 13.8 Å². The quantitative estimate of drug-likeness (QED) is 0.840. The largest absolute Gasteiger partial charge is 0.349 e. The number of carbonyl (C=O) groups excluding carboxylic acids is 2. The Morgan fingerprint density at radius 2 is 2.16 bits per heavy atom. The Bertz CT molecular complexity index is 482. The minimum Gasteiger partial charge on any atom is -0.349 e. The summed E-state index contributed by atoms with van der Waals surface area (Å²) < 4.78 is 0. The lowest BCUT2D eigenvalue weighted by Crippen LogP contribution is -2.41. The molecule has 1 aliphatic rings. The third kappa shape index (κ3) is 2.78. The number of amides is 2. The zero-order chi connectivity index (χ0) is 14.0. The summed E-state index contributed by atoms with van der Waals surface area (Å²) in [7, 11) is 0. The van der Waals surface area contributed by atoms with Crippen LogP contribution in [0.5, 0.6) is 0 Å². The molecular formula is C13H19N3O2S. The number of nitrogens with one attached hydrogen (secondary N) is 1. The van der Waals surface area contributed by atoms with E-state index in [-0.39, 0.29) is 24.3 Å². The first-order chi connectivity index (χ1) is 9.06. The molecule has 0 radical (unpaired) electrons. The van der Waals surface area contributed by atoms with Crippen molar-refractivity contribution in [1.29, 1.82) is 0 Å². The molecule has 1 aromatic heterocycles. The maximum absolute atomic E-state index is 12.3. The first kappa shape index (κ1) is 14.0. The molecule has 2 rings (SSSR count). The zero-order valence-corrected chi connectivity index (χ0v) is 12.3. The minimum absolute atomic E-state index is 0.0184. The molecule has 1 atom stereocenters. The van der Waals surface area contributed by atoms with Crippen LogP contribution >= 0.6 is 11.3 Å². The van der Waals surface area contributed by atoms with E-state index in [0.29, 0.717) is 5.13 Å². The van der Waals surface area contributed by atoms with Gasteiger partial charge in [0.2, 0.25) is 5.91 Å². The number of aryl methyl sites for hydroxylation is 1. The fourth-order valence-electron chi connectivity index (χ4n) is 2.37. The summed E-state index contributed by atoms with van der Waals surface area (Å²) in [4.78, 5) is 31.0.